The molecule has 4 heteroatoms. The molecule has 1 N–H and O–H groups in total. The Morgan fingerprint density at radius 3 is 2.11 bits per heavy atom. The topological polar surface area (TPSA) is 49.4 Å². The van der Waals surface area contributed by atoms with Crippen LogP contribution >= 0.6 is 0 Å². The summed E-state index contributed by atoms with van der Waals surface area (Å²) >= 11 is 0. The number of carbonyl (C=O) groups is 2. The van der Waals surface area contributed by atoms with Gasteiger partial charge in [-0.25, -0.2) is 0 Å². The summed E-state index contributed by atoms with van der Waals surface area (Å²) in [6.45, 7) is 11.1. The van der Waals surface area contributed by atoms with E-state index in [0.29, 0.717) is 25.8 Å². The van der Waals surface area contributed by atoms with Gasteiger partial charge in [0.2, 0.25) is 11.8 Å². The van der Waals surface area contributed by atoms with Crippen molar-refractivity contribution in [3.63, 3.8) is 0 Å². The fraction of sp³-hybridized carbons (Fsp3) is 0.548. The predicted molar refractivity (Wildman–Crippen MR) is 144 cm³/mol. The van der Waals surface area contributed by atoms with Crippen molar-refractivity contribution in [1.29, 1.82) is 0 Å². The van der Waals surface area contributed by atoms with Gasteiger partial charge in [-0.1, -0.05) is 101 Å². The van der Waals surface area contributed by atoms with E-state index in [9.17, 15) is 9.59 Å². The fourth-order valence-electron chi connectivity index (χ4n) is 4.92. The highest BCUT2D eigenvalue weighted by atomic mass is 16.2. The molecule has 1 fully saturated rings. The van der Waals surface area contributed by atoms with E-state index in [1.54, 1.807) is 0 Å². The zero-order chi connectivity index (χ0) is 25.4. The standard InChI is InChI=1S/C31H44N2O2/c1-6-28(30(35)32-27-10-8-7-9-11-27)33(22-25-14-12-23(2)13-15-25)29(34)21-18-24-16-19-26(20-17-24)31(3,4)5/h12-17,19-20,27-28H,6-11,18,21-22H2,1-5H3,(H,32,35)/t28-/m0/s1. The van der Waals surface area contributed by atoms with E-state index in [4.69, 9.17) is 0 Å². The SMILES string of the molecule is CC[C@@H](C(=O)NC1CCCCC1)N(Cc1ccc(C)cc1)C(=O)CCc1ccc(C(C)(C)C)cc1. The van der Waals surface area contributed by atoms with Crippen molar-refractivity contribution < 1.29 is 9.59 Å². The van der Waals surface area contributed by atoms with Crippen LogP contribution in [0.5, 0.6) is 0 Å². The third kappa shape index (κ3) is 7.95. The van der Waals surface area contributed by atoms with Crippen LogP contribution in [0.15, 0.2) is 48.5 Å². The number of hydrogen-bond acceptors (Lipinski definition) is 2. The first-order valence-electron chi connectivity index (χ1n) is 13.4. The smallest absolute Gasteiger partial charge is 0.243 e. The normalized spacial score (nSPS) is 15.5. The molecule has 1 atom stereocenters. The van der Waals surface area contributed by atoms with Crippen LogP contribution < -0.4 is 5.32 Å². The van der Waals surface area contributed by atoms with E-state index < -0.39 is 6.04 Å². The second-order valence-corrected chi connectivity index (χ2v) is 11.2. The monoisotopic (exact) mass is 476 g/mol. The van der Waals surface area contributed by atoms with Crippen LogP contribution in [0.2, 0.25) is 0 Å². The number of rotatable bonds is 9. The van der Waals surface area contributed by atoms with Gasteiger partial charge in [0, 0.05) is 19.0 Å². The number of amides is 2. The zero-order valence-electron chi connectivity index (χ0n) is 22.4. The third-order valence-electron chi connectivity index (χ3n) is 7.26. The van der Waals surface area contributed by atoms with Crippen molar-refractivity contribution in [3.8, 4) is 0 Å². The highest BCUT2D eigenvalue weighted by Crippen LogP contribution is 2.23. The van der Waals surface area contributed by atoms with Crippen LogP contribution in [0.1, 0.15) is 94.9 Å². The summed E-state index contributed by atoms with van der Waals surface area (Å²) in [7, 11) is 0. The van der Waals surface area contributed by atoms with Gasteiger partial charge in [-0.3, -0.25) is 9.59 Å². The Balaban J connectivity index is 1.73. The number of aryl methyl sites for hydroxylation is 2. The maximum atomic E-state index is 13.6. The molecule has 0 radical (unpaired) electrons. The van der Waals surface area contributed by atoms with Crippen molar-refractivity contribution in [1.82, 2.24) is 10.2 Å². The molecule has 0 saturated heterocycles. The lowest BCUT2D eigenvalue weighted by atomic mass is 9.86. The minimum Gasteiger partial charge on any atom is -0.352 e. The minimum absolute atomic E-state index is 0.00519. The van der Waals surface area contributed by atoms with Crippen LogP contribution in [0, 0.1) is 6.92 Å². The number of nitrogens with zero attached hydrogens (tertiary/aromatic N) is 1. The van der Waals surface area contributed by atoms with Crippen LogP contribution in [0.3, 0.4) is 0 Å². The highest BCUT2D eigenvalue weighted by molar-refractivity contribution is 5.88. The Bertz CT molecular complexity index is 951. The van der Waals surface area contributed by atoms with Gasteiger partial charge in [-0.2, -0.15) is 0 Å². The average Bonchev–Trinajstić information content (AvgIpc) is 2.84. The summed E-state index contributed by atoms with van der Waals surface area (Å²) in [5.41, 5.74) is 4.80. The Kier molecular flexibility index (Phi) is 9.54. The minimum atomic E-state index is -0.450. The molecule has 190 valence electrons. The van der Waals surface area contributed by atoms with Gasteiger partial charge in [-0.05, 0) is 54.7 Å². The van der Waals surface area contributed by atoms with E-state index in [2.05, 4.69) is 81.5 Å². The first-order valence-corrected chi connectivity index (χ1v) is 13.4. The summed E-state index contributed by atoms with van der Waals surface area (Å²) in [5, 5.41) is 3.26. The lowest BCUT2D eigenvalue weighted by molar-refractivity contribution is -0.141. The van der Waals surface area contributed by atoms with Gasteiger partial charge in [0.05, 0.1) is 0 Å². The van der Waals surface area contributed by atoms with Gasteiger partial charge < -0.3 is 10.2 Å². The molecule has 0 bridgehead atoms. The molecular formula is C31H44N2O2. The summed E-state index contributed by atoms with van der Waals surface area (Å²) in [6.07, 6.45) is 7.35. The molecule has 1 aliphatic carbocycles. The predicted octanol–water partition coefficient (Wildman–Crippen LogP) is 6.48. The van der Waals surface area contributed by atoms with Crippen molar-refractivity contribution in [2.45, 2.75) is 110 Å². The molecule has 1 aliphatic rings. The molecular weight excluding hydrogens is 432 g/mol. The molecule has 2 aromatic rings. The Morgan fingerprint density at radius 1 is 0.943 bits per heavy atom. The van der Waals surface area contributed by atoms with E-state index >= 15 is 0 Å². The maximum Gasteiger partial charge on any atom is 0.243 e. The Hall–Kier alpha value is -2.62. The second kappa shape index (κ2) is 12.4. The number of nitrogens with one attached hydrogen (secondary N) is 1. The van der Waals surface area contributed by atoms with E-state index in [0.717, 1.165) is 24.0 Å². The quantitative estimate of drug-likeness (QED) is 0.450. The average molecular weight is 477 g/mol. The lowest BCUT2D eigenvalue weighted by Crippen LogP contribution is -2.51. The molecule has 2 amide bonds. The Labute approximate surface area is 212 Å². The Morgan fingerprint density at radius 2 is 1.54 bits per heavy atom. The fourth-order valence-corrected chi connectivity index (χ4v) is 4.92. The number of benzene rings is 2. The van der Waals surface area contributed by atoms with Crippen molar-refractivity contribution in [2.75, 3.05) is 0 Å². The third-order valence-corrected chi connectivity index (χ3v) is 7.26. The molecule has 4 nitrogen and oxygen atoms in total. The van der Waals surface area contributed by atoms with Gasteiger partial charge in [0.1, 0.15) is 6.04 Å². The lowest BCUT2D eigenvalue weighted by Gasteiger charge is -2.33. The van der Waals surface area contributed by atoms with Crippen LogP contribution in [-0.2, 0) is 28.0 Å². The first kappa shape index (κ1) is 27.0. The zero-order valence-corrected chi connectivity index (χ0v) is 22.4. The molecule has 0 spiro atoms. The van der Waals surface area contributed by atoms with Gasteiger partial charge in [0.15, 0.2) is 0 Å². The molecule has 0 aliphatic heterocycles. The van der Waals surface area contributed by atoms with E-state index in [-0.39, 0.29) is 23.3 Å². The van der Waals surface area contributed by atoms with Crippen molar-refractivity contribution in [2.24, 2.45) is 0 Å². The largest absolute Gasteiger partial charge is 0.352 e. The first-order chi connectivity index (χ1) is 16.7. The van der Waals surface area contributed by atoms with Crippen LogP contribution in [-0.4, -0.2) is 28.8 Å². The van der Waals surface area contributed by atoms with Crippen molar-refractivity contribution >= 4 is 11.8 Å². The summed E-state index contributed by atoms with van der Waals surface area (Å²) in [4.78, 5) is 28.7. The molecule has 3 rings (SSSR count). The maximum absolute atomic E-state index is 13.6. The number of hydrogen-bond donors (Lipinski definition) is 1. The van der Waals surface area contributed by atoms with Crippen molar-refractivity contribution in [3.05, 3.63) is 70.8 Å². The molecule has 0 unspecified atom stereocenters. The molecule has 2 aromatic carbocycles. The van der Waals surface area contributed by atoms with Crippen LogP contribution in [0.25, 0.3) is 0 Å². The molecule has 0 aromatic heterocycles. The molecule has 1 saturated carbocycles. The summed E-state index contributed by atoms with van der Waals surface area (Å²) in [6, 6.07) is 16.6. The molecule has 35 heavy (non-hydrogen) atoms. The van der Waals surface area contributed by atoms with Gasteiger partial charge in [-0.15, -0.1) is 0 Å². The second-order valence-electron chi connectivity index (χ2n) is 11.2. The van der Waals surface area contributed by atoms with Crippen LogP contribution in [0.4, 0.5) is 0 Å². The van der Waals surface area contributed by atoms with E-state index in [1.165, 1.54) is 30.4 Å². The van der Waals surface area contributed by atoms with Gasteiger partial charge in [0.25, 0.3) is 0 Å². The molecule has 0 heterocycles. The van der Waals surface area contributed by atoms with E-state index in [1.807, 2.05) is 11.8 Å². The van der Waals surface area contributed by atoms with Gasteiger partial charge >= 0.3 is 0 Å². The highest BCUT2D eigenvalue weighted by Gasteiger charge is 2.30. The summed E-state index contributed by atoms with van der Waals surface area (Å²) < 4.78 is 0. The number of carbonyl (C=O) groups excluding carboxylic acids is 2. The summed E-state index contributed by atoms with van der Waals surface area (Å²) in [5.74, 6) is 0.0329.